The predicted molar refractivity (Wildman–Crippen MR) is 72.4 cm³/mol. The molecule has 0 saturated heterocycles. The molecule has 2 saturated carbocycles. The van der Waals surface area contributed by atoms with Crippen LogP contribution in [-0.4, -0.2) is 18.9 Å². The number of esters is 1. The fourth-order valence-electron chi connectivity index (χ4n) is 4.28. The SMILES string of the molecule is C=C1CCC[C@]2(C)C[C@]3(OC)OC(=O)C(C)=C3C[C@H]12. The number of methoxy groups -OCH3 is 1. The van der Waals surface area contributed by atoms with Gasteiger partial charge in [-0.2, -0.15) is 0 Å². The van der Waals surface area contributed by atoms with Crippen LogP contribution in [0.25, 0.3) is 0 Å². The largest absolute Gasteiger partial charge is 0.426 e. The van der Waals surface area contributed by atoms with Crippen LogP contribution in [0.15, 0.2) is 23.3 Å². The Morgan fingerprint density at radius 1 is 1.47 bits per heavy atom. The highest BCUT2D eigenvalue weighted by molar-refractivity contribution is 5.92. The number of fused-ring (bicyclic) bond motifs is 2. The first kappa shape index (κ1) is 12.9. The first-order valence-corrected chi connectivity index (χ1v) is 7.08. The van der Waals surface area contributed by atoms with E-state index >= 15 is 0 Å². The first-order chi connectivity index (χ1) is 8.92. The van der Waals surface area contributed by atoms with Gasteiger partial charge >= 0.3 is 5.97 Å². The lowest BCUT2D eigenvalue weighted by Gasteiger charge is -2.51. The maximum atomic E-state index is 11.9. The Morgan fingerprint density at radius 3 is 2.89 bits per heavy atom. The molecule has 0 bridgehead atoms. The quantitative estimate of drug-likeness (QED) is 0.537. The molecule has 3 heteroatoms. The van der Waals surface area contributed by atoms with Gasteiger partial charge in [-0.25, -0.2) is 4.79 Å². The minimum Gasteiger partial charge on any atom is -0.426 e. The molecule has 104 valence electrons. The molecule has 3 rings (SSSR count). The van der Waals surface area contributed by atoms with E-state index in [9.17, 15) is 4.79 Å². The van der Waals surface area contributed by atoms with E-state index in [-0.39, 0.29) is 11.4 Å². The number of carbonyl (C=O) groups is 1. The lowest BCUT2D eigenvalue weighted by atomic mass is 9.56. The van der Waals surface area contributed by atoms with Gasteiger partial charge in [0.1, 0.15) is 0 Å². The Hall–Kier alpha value is -1.09. The maximum Gasteiger partial charge on any atom is 0.336 e. The summed E-state index contributed by atoms with van der Waals surface area (Å²) in [6.45, 7) is 8.41. The Labute approximate surface area is 114 Å². The van der Waals surface area contributed by atoms with Crippen molar-refractivity contribution in [1.29, 1.82) is 0 Å². The van der Waals surface area contributed by atoms with Gasteiger partial charge in [0.25, 0.3) is 0 Å². The topological polar surface area (TPSA) is 35.5 Å². The molecule has 0 spiro atoms. The fraction of sp³-hybridized carbons (Fsp3) is 0.688. The molecule has 1 aliphatic heterocycles. The molecule has 19 heavy (non-hydrogen) atoms. The molecular weight excluding hydrogens is 240 g/mol. The minimum absolute atomic E-state index is 0.139. The van der Waals surface area contributed by atoms with Crippen LogP contribution in [0.5, 0.6) is 0 Å². The van der Waals surface area contributed by atoms with Gasteiger partial charge in [-0.15, -0.1) is 0 Å². The fourth-order valence-corrected chi connectivity index (χ4v) is 4.28. The monoisotopic (exact) mass is 262 g/mol. The molecule has 0 radical (unpaired) electrons. The Bertz CT molecular complexity index is 490. The third-order valence-corrected chi connectivity index (χ3v) is 5.43. The maximum absolute atomic E-state index is 11.9. The molecule has 3 aliphatic rings. The highest BCUT2D eigenvalue weighted by atomic mass is 16.7. The average molecular weight is 262 g/mol. The second-order valence-electron chi connectivity index (χ2n) is 6.55. The molecule has 3 nitrogen and oxygen atoms in total. The summed E-state index contributed by atoms with van der Waals surface area (Å²) < 4.78 is 11.3. The van der Waals surface area contributed by atoms with Crippen molar-refractivity contribution in [2.75, 3.05) is 7.11 Å². The van der Waals surface area contributed by atoms with Crippen molar-refractivity contribution in [3.05, 3.63) is 23.3 Å². The van der Waals surface area contributed by atoms with Crippen LogP contribution in [0, 0.1) is 11.3 Å². The zero-order valence-electron chi connectivity index (χ0n) is 12.0. The van der Waals surface area contributed by atoms with Crippen LogP contribution in [-0.2, 0) is 14.3 Å². The summed E-state index contributed by atoms with van der Waals surface area (Å²) in [5.74, 6) is -0.557. The normalized spacial score (nSPS) is 41.9. The zero-order valence-corrected chi connectivity index (χ0v) is 12.0. The van der Waals surface area contributed by atoms with Gasteiger partial charge in [0, 0.05) is 24.7 Å². The second-order valence-corrected chi connectivity index (χ2v) is 6.55. The molecule has 3 atom stereocenters. The molecule has 0 aromatic carbocycles. The van der Waals surface area contributed by atoms with Crippen molar-refractivity contribution in [3.8, 4) is 0 Å². The van der Waals surface area contributed by atoms with E-state index in [1.165, 1.54) is 12.0 Å². The van der Waals surface area contributed by atoms with E-state index in [0.29, 0.717) is 5.92 Å². The highest BCUT2D eigenvalue weighted by Crippen LogP contribution is 2.59. The van der Waals surface area contributed by atoms with Crippen molar-refractivity contribution in [1.82, 2.24) is 0 Å². The number of hydrogen-bond donors (Lipinski definition) is 0. The summed E-state index contributed by atoms with van der Waals surface area (Å²) in [6, 6.07) is 0. The lowest BCUT2D eigenvalue weighted by Crippen LogP contribution is -2.49. The van der Waals surface area contributed by atoms with Crippen LogP contribution in [0.4, 0.5) is 0 Å². The Morgan fingerprint density at radius 2 is 2.21 bits per heavy atom. The number of hydrogen-bond acceptors (Lipinski definition) is 3. The third kappa shape index (κ3) is 1.64. The summed E-state index contributed by atoms with van der Waals surface area (Å²) in [5, 5.41) is 0. The number of allylic oxidation sites excluding steroid dienone is 1. The van der Waals surface area contributed by atoms with Gasteiger partial charge in [-0.1, -0.05) is 19.1 Å². The van der Waals surface area contributed by atoms with E-state index in [1.807, 2.05) is 6.92 Å². The molecular formula is C16H22O3. The lowest BCUT2D eigenvalue weighted by molar-refractivity contribution is -0.215. The Kier molecular flexibility index (Phi) is 2.69. The number of rotatable bonds is 1. The van der Waals surface area contributed by atoms with E-state index in [0.717, 1.165) is 36.8 Å². The van der Waals surface area contributed by atoms with Crippen LogP contribution in [0.3, 0.4) is 0 Å². The number of carbonyl (C=O) groups excluding carboxylic acids is 1. The number of ether oxygens (including phenoxy) is 2. The summed E-state index contributed by atoms with van der Waals surface area (Å²) in [7, 11) is 1.65. The van der Waals surface area contributed by atoms with E-state index in [2.05, 4.69) is 13.5 Å². The Balaban J connectivity index is 2.05. The van der Waals surface area contributed by atoms with Crippen molar-refractivity contribution < 1.29 is 14.3 Å². The zero-order chi connectivity index (χ0) is 13.8. The van der Waals surface area contributed by atoms with Gasteiger partial charge < -0.3 is 9.47 Å². The highest BCUT2D eigenvalue weighted by Gasteiger charge is 2.58. The van der Waals surface area contributed by atoms with Crippen molar-refractivity contribution in [2.24, 2.45) is 11.3 Å². The summed E-state index contributed by atoms with van der Waals surface area (Å²) >= 11 is 0. The molecule has 0 amide bonds. The first-order valence-electron chi connectivity index (χ1n) is 7.08. The second kappa shape index (κ2) is 3.95. The van der Waals surface area contributed by atoms with Gasteiger partial charge in [0.15, 0.2) is 0 Å². The van der Waals surface area contributed by atoms with E-state index in [1.54, 1.807) is 7.11 Å². The summed E-state index contributed by atoms with van der Waals surface area (Å²) in [6.07, 6.45) is 5.07. The third-order valence-electron chi connectivity index (χ3n) is 5.43. The van der Waals surface area contributed by atoms with Crippen LogP contribution >= 0.6 is 0 Å². The molecule has 0 N–H and O–H groups in total. The van der Waals surface area contributed by atoms with E-state index < -0.39 is 5.79 Å². The molecule has 0 aromatic rings. The van der Waals surface area contributed by atoms with Crippen molar-refractivity contribution in [2.45, 2.75) is 51.7 Å². The van der Waals surface area contributed by atoms with Crippen molar-refractivity contribution in [3.63, 3.8) is 0 Å². The smallest absolute Gasteiger partial charge is 0.336 e. The van der Waals surface area contributed by atoms with Crippen molar-refractivity contribution >= 4 is 5.97 Å². The van der Waals surface area contributed by atoms with Gasteiger partial charge in [0.05, 0.1) is 0 Å². The standard InChI is InChI=1S/C16H22O3/c1-10-6-5-7-15(3)9-16(18-4)13(8-12(10)15)11(2)14(17)19-16/h12H,1,5-9H2,2-4H3/t12-,15-,16+/m1/s1. The summed E-state index contributed by atoms with van der Waals surface area (Å²) in [5.41, 5.74) is 3.26. The molecule has 0 aromatic heterocycles. The molecule has 2 aliphatic carbocycles. The minimum atomic E-state index is -0.802. The summed E-state index contributed by atoms with van der Waals surface area (Å²) in [4.78, 5) is 11.9. The predicted octanol–water partition coefficient (Wildman–Crippen LogP) is 3.36. The van der Waals surface area contributed by atoms with Crippen LogP contribution < -0.4 is 0 Å². The van der Waals surface area contributed by atoms with Crippen LogP contribution in [0.1, 0.15) is 46.0 Å². The molecule has 2 fully saturated rings. The average Bonchev–Trinajstić information content (AvgIpc) is 2.59. The van der Waals surface area contributed by atoms with Gasteiger partial charge in [-0.3, -0.25) is 0 Å². The molecule has 1 heterocycles. The molecule has 0 unspecified atom stereocenters. The van der Waals surface area contributed by atoms with Crippen LogP contribution in [0.2, 0.25) is 0 Å². The van der Waals surface area contributed by atoms with Gasteiger partial charge in [-0.05, 0) is 43.9 Å². The van der Waals surface area contributed by atoms with E-state index in [4.69, 9.17) is 9.47 Å². The van der Waals surface area contributed by atoms with Gasteiger partial charge in [0.2, 0.25) is 5.79 Å².